The zero-order valence-corrected chi connectivity index (χ0v) is 27.1. The predicted octanol–water partition coefficient (Wildman–Crippen LogP) is 7.79. The smallest absolute Gasteiger partial charge is 0.412 e. The van der Waals surface area contributed by atoms with Gasteiger partial charge >= 0.3 is 6.09 Å². The van der Waals surface area contributed by atoms with Crippen molar-refractivity contribution in [3.05, 3.63) is 93.1 Å². The number of anilines is 2. The van der Waals surface area contributed by atoms with Gasteiger partial charge < -0.3 is 24.9 Å². The Morgan fingerprint density at radius 1 is 0.935 bits per heavy atom. The summed E-state index contributed by atoms with van der Waals surface area (Å²) >= 11 is 1.45. The number of H-pyrrole nitrogens is 2. The van der Waals surface area contributed by atoms with Crippen molar-refractivity contribution in [2.75, 3.05) is 17.2 Å². The molecule has 0 spiro atoms. The summed E-state index contributed by atoms with van der Waals surface area (Å²) in [6, 6.07) is 14.1. The number of aromatic amines is 2. The van der Waals surface area contributed by atoms with Crippen molar-refractivity contribution in [3.63, 3.8) is 0 Å². The van der Waals surface area contributed by atoms with Crippen LogP contribution in [0.1, 0.15) is 75.9 Å². The van der Waals surface area contributed by atoms with E-state index in [2.05, 4.69) is 20.6 Å². The molecule has 3 heterocycles. The molecule has 3 aromatic heterocycles. The number of aryl methyl sites for hydroxylation is 1. The molecule has 0 fully saturated rings. The molecule has 11 heteroatoms. The van der Waals surface area contributed by atoms with E-state index in [-0.39, 0.29) is 17.6 Å². The largest absolute Gasteiger partial charge is 0.444 e. The Bertz CT molecular complexity index is 2060. The van der Waals surface area contributed by atoms with Crippen molar-refractivity contribution in [2.24, 2.45) is 0 Å². The van der Waals surface area contributed by atoms with Gasteiger partial charge in [-0.1, -0.05) is 6.92 Å². The Morgan fingerprint density at radius 2 is 1.57 bits per heavy atom. The standard InChI is InChI=1S/C35H35N5O5S/c1-6-11-40(24-16-25-19(2)18-46-31(25)30(41)17-24)33(43)29-15-21-12-22(7-9-27(21)39-29)36-32(42)28-14-20-13-23(8-10-26(20)38-28)37-34(44)45-35(3,4)5/h7-10,12-15,17-18,38-39H,6,11,16H2,1-5H3,(H,36,42)(H,37,44). The van der Waals surface area contributed by atoms with Crippen molar-refractivity contribution >= 4 is 68.2 Å². The third-order valence-electron chi connectivity index (χ3n) is 7.64. The van der Waals surface area contributed by atoms with Gasteiger partial charge in [0.2, 0.25) is 0 Å². The van der Waals surface area contributed by atoms with Crippen molar-refractivity contribution in [2.45, 2.75) is 53.1 Å². The third-order valence-corrected chi connectivity index (χ3v) is 8.80. The minimum absolute atomic E-state index is 0.0619. The van der Waals surface area contributed by atoms with Crippen LogP contribution >= 0.6 is 11.3 Å². The average Bonchev–Trinajstić information content (AvgIpc) is 3.71. The summed E-state index contributed by atoms with van der Waals surface area (Å²) in [6.45, 7) is 9.85. The number of carbonyl (C=O) groups is 4. The molecule has 6 rings (SSSR count). The Balaban J connectivity index is 1.17. The van der Waals surface area contributed by atoms with Crippen LogP contribution in [0.15, 0.2) is 65.7 Å². The SMILES string of the molecule is CCCN(C(=O)c1cc2cc(NC(=O)c3cc4cc(NC(=O)OC(C)(C)C)ccc4[nH]3)ccc2[nH]1)C1=CC(=O)c2scc(C)c2C1. The molecule has 0 saturated carbocycles. The first-order valence-corrected chi connectivity index (χ1v) is 16.0. The molecule has 0 radical (unpaired) electrons. The normalized spacial score (nSPS) is 13.0. The van der Waals surface area contributed by atoms with Gasteiger partial charge in [-0.15, -0.1) is 11.3 Å². The van der Waals surface area contributed by atoms with Gasteiger partial charge in [-0.25, -0.2) is 4.79 Å². The van der Waals surface area contributed by atoms with Gasteiger partial charge in [-0.3, -0.25) is 19.7 Å². The molecular formula is C35H35N5O5S. The molecule has 2 aromatic carbocycles. The van der Waals surface area contributed by atoms with Gasteiger partial charge in [0, 0.05) is 57.9 Å². The topological polar surface area (TPSA) is 136 Å². The Labute approximate surface area is 269 Å². The Kier molecular flexibility index (Phi) is 8.03. The molecule has 236 valence electrons. The molecule has 0 bridgehead atoms. The summed E-state index contributed by atoms with van der Waals surface area (Å²) in [6.07, 6.45) is 2.30. The molecular weight excluding hydrogens is 602 g/mol. The fraction of sp³-hybridized carbons (Fsp3) is 0.257. The van der Waals surface area contributed by atoms with Crippen molar-refractivity contribution < 1.29 is 23.9 Å². The number of hydrogen-bond donors (Lipinski definition) is 4. The van der Waals surface area contributed by atoms with Crippen molar-refractivity contribution in [3.8, 4) is 0 Å². The summed E-state index contributed by atoms with van der Waals surface area (Å²) in [5.74, 6) is -0.610. The van der Waals surface area contributed by atoms with Gasteiger partial charge in [-0.2, -0.15) is 0 Å². The minimum Gasteiger partial charge on any atom is -0.444 e. The number of ether oxygens (including phenoxy) is 1. The number of hydrogen-bond acceptors (Lipinski definition) is 6. The maximum absolute atomic E-state index is 13.8. The highest BCUT2D eigenvalue weighted by atomic mass is 32.1. The van der Waals surface area contributed by atoms with Gasteiger partial charge in [-0.05, 0) is 99.2 Å². The minimum atomic E-state index is -0.619. The van der Waals surface area contributed by atoms with E-state index in [1.165, 1.54) is 11.3 Å². The molecule has 3 amide bonds. The lowest BCUT2D eigenvalue weighted by molar-refractivity contribution is 0.0635. The number of nitrogens with zero attached hydrogens (tertiary/aromatic N) is 1. The Morgan fingerprint density at radius 3 is 2.22 bits per heavy atom. The van der Waals surface area contributed by atoms with Crippen molar-refractivity contribution in [1.82, 2.24) is 14.9 Å². The predicted molar refractivity (Wildman–Crippen MR) is 181 cm³/mol. The molecule has 1 aliphatic rings. The lowest BCUT2D eigenvalue weighted by Crippen LogP contribution is -2.34. The zero-order chi connectivity index (χ0) is 32.7. The molecule has 0 atom stereocenters. The van der Waals surface area contributed by atoms with E-state index in [9.17, 15) is 19.2 Å². The zero-order valence-electron chi connectivity index (χ0n) is 26.3. The van der Waals surface area contributed by atoms with Crippen LogP contribution in [0.4, 0.5) is 16.2 Å². The lowest BCUT2D eigenvalue weighted by Gasteiger charge is -2.27. The number of ketones is 1. The van der Waals surface area contributed by atoms with Crippen LogP contribution in [0.2, 0.25) is 0 Å². The highest BCUT2D eigenvalue weighted by Crippen LogP contribution is 2.32. The van der Waals surface area contributed by atoms with E-state index < -0.39 is 11.7 Å². The van der Waals surface area contributed by atoms with Crippen LogP contribution in [0.5, 0.6) is 0 Å². The van der Waals surface area contributed by atoms with E-state index in [1.807, 2.05) is 25.3 Å². The monoisotopic (exact) mass is 637 g/mol. The van der Waals surface area contributed by atoms with Gasteiger partial charge in [0.05, 0.1) is 4.88 Å². The van der Waals surface area contributed by atoms with E-state index in [0.29, 0.717) is 41.4 Å². The molecule has 0 aliphatic heterocycles. The summed E-state index contributed by atoms with van der Waals surface area (Å²) < 4.78 is 5.32. The number of benzene rings is 2. The number of amides is 3. The number of nitrogens with one attached hydrogen (secondary N) is 4. The summed E-state index contributed by atoms with van der Waals surface area (Å²) in [5.41, 5.74) is 5.48. The van der Waals surface area contributed by atoms with Crippen molar-refractivity contribution in [1.29, 1.82) is 0 Å². The van der Waals surface area contributed by atoms with Gasteiger partial charge in [0.25, 0.3) is 11.8 Å². The van der Waals surface area contributed by atoms with Crippen LogP contribution < -0.4 is 10.6 Å². The second kappa shape index (κ2) is 12.0. The number of allylic oxidation sites excluding steroid dienone is 2. The van der Waals surface area contributed by atoms with Gasteiger partial charge in [0.1, 0.15) is 17.0 Å². The molecule has 46 heavy (non-hydrogen) atoms. The second-order valence-electron chi connectivity index (χ2n) is 12.4. The number of aromatic nitrogens is 2. The number of carbonyl (C=O) groups excluding carboxylic acids is 4. The van der Waals surface area contributed by atoms with E-state index in [4.69, 9.17) is 4.74 Å². The molecule has 10 nitrogen and oxygen atoms in total. The molecule has 4 N–H and O–H groups in total. The lowest BCUT2D eigenvalue weighted by atomic mass is 9.97. The first kappa shape index (κ1) is 30.8. The highest BCUT2D eigenvalue weighted by Gasteiger charge is 2.28. The second-order valence-corrected chi connectivity index (χ2v) is 13.3. The number of thiophene rings is 1. The summed E-state index contributed by atoms with van der Waals surface area (Å²) in [7, 11) is 0. The fourth-order valence-electron chi connectivity index (χ4n) is 5.54. The maximum Gasteiger partial charge on any atom is 0.412 e. The maximum atomic E-state index is 13.8. The summed E-state index contributed by atoms with van der Waals surface area (Å²) in [5, 5.41) is 9.13. The Hall–Kier alpha value is -5.16. The number of rotatable bonds is 7. The summed E-state index contributed by atoms with van der Waals surface area (Å²) in [4.78, 5) is 60.7. The van der Waals surface area contributed by atoms with Crippen LogP contribution in [0, 0.1) is 6.92 Å². The average molecular weight is 638 g/mol. The van der Waals surface area contributed by atoms with E-state index >= 15 is 0 Å². The van der Waals surface area contributed by atoms with Gasteiger partial charge in [0.15, 0.2) is 5.78 Å². The van der Waals surface area contributed by atoms with E-state index in [0.717, 1.165) is 44.2 Å². The number of fused-ring (bicyclic) bond motifs is 3. The highest BCUT2D eigenvalue weighted by molar-refractivity contribution is 7.12. The van der Waals surface area contributed by atoms with Crippen LogP contribution in [-0.2, 0) is 11.2 Å². The molecule has 0 unspecified atom stereocenters. The molecule has 1 aliphatic carbocycles. The molecule has 0 saturated heterocycles. The fourth-order valence-corrected chi connectivity index (χ4v) is 6.53. The van der Waals surface area contributed by atoms with Crippen LogP contribution in [-0.4, -0.2) is 50.7 Å². The quantitative estimate of drug-likeness (QED) is 0.144. The first-order valence-electron chi connectivity index (χ1n) is 15.1. The van der Waals surface area contributed by atoms with E-state index in [1.54, 1.807) is 74.2 Å². The third kappa shape index (κ3) is 6.32. The molecule has 5 aromatic rings. The first-order chi connectivity index (χ1) is 21.9. The van der Waals surface area contributed by atoms with Crippen LogP contribution in [0.25, 0.3) is 21.8 Å². The van der Waals surface area contributed by atoms with Crippen LogP contribution in [0.3, 0.4) is 0 Å².